The molecular formula is C9H19NO. The van der Waals surface area contributed by atoms with Crippen LogP contribution in [0.4, 0.5) is 0 Å². The van der Waals surface area contributed by atoms with Gasteiger partial charge in [-0.3, -0.25) is 0 Å². The van der Waals surface area contributed by atoms with E-state index in [2.05, 4.69) is 12.4 Å². The van der Waals surface area contributed by atoms with E-state index in [9.17, 15) is 0 Å². The van der Waals surface area contributed by atoms with Crippen molar-refractivity contribution in [1.29, 1.82) is 0 Å². The van der Waals surface area contributed by atoms with Crippen LogP contribution >= 0.6 is 0 Å². The first-order chi connectivity index (χ1) is 5.33. The Morgan fingerprint density at radius 3 is 2.91 bits per heavy atom. The number of rotatable bonds is 3. The Labute approximate surface area is 69.3 Å². The minimum Gasteiger partial charge on any atom is -0.305 e. The van der Waals surface area contributed by atoms with E-state index in [0.717, 1.165) is 18.4 Å². The fraction of sp³-hybridized carbons (Fsp3) is 1.00. The van der Waals surface area contributed by atoms with Crippen LogP contribution in [0.1, 0.15) is 32.6 Å². The lowest BCUT2D eigenvalue weighted by atomic mass is 9.82. The summed E-state index contributed by atoms with van der Waals surface area (Å²) in [6.07, 6.45) is 5.57. The quantitative estimate of drug-likeness (QED) is 0.632. The maximum Gasteiger partial charge on any atom is 0.0572 e. The molecule has 1 fully saturated rings. The molecule has 0 saturated heterocycles. The average molecular weight is 157 g/mol. The Morgan fingerprint density at radius 1 is 1.45 bits per heavy atom. The lowest BCUT2D eigenvalue weighted by Gasteiger charge is -2.26. The van der Waals surface area contributed by atoms with Crippen LogP contribution in [0, 0.1) is 11.8 Å². The summed E-state index contributed by atoms with van der Waals surface area (Å²) in [6.45, 7) is 3.37. The van der Waals surface area contributed by atoms with Crippen molar-refractivity contribution >= 4 is 0 Å². The molecule has 0 aliphatic heterocycles. The van der Waals surface area contributed by atoms with Gasteiger partial charge in [-0.05, 0) is 24.7 Å². The Bertz CT molecular complexity index is 106. The molecule has 0 amide bonds. The molecule has 1 N–H and O–H groups in total. The molecule has 2 atom stereocenters. The highest BCUT2D eigenvalue weighted by Crippen LogP contribution is 2.27. The van der Waals surface area contributed by atoms with Crippen molar-refractivity contribution in [1.82, 2.24) is 5.48 Å². The van der Waals surface area contributed by atoms with E-state index in [1.807, 2.05) is 0 Å². The van der Waals surface area contributed by atoms with Crippen molar-refractivity contribution in [3.8, 4) is 0 Å². The number of hydrogen-bond acceptors (Lipinski definition) is 2. The summed E-state index contributed by atoms with van der Waals surface area (Å²) in [5.74, 6) is 1.77. The van der Waals surface area contributed by atoms with Gasteiger partial charge in [-0.1, -0.05) is 19.8 Å². The molecule has 0 aromatic rings. The lowest BCUT2D eigenvalue weighted by Crippen LogP contribution is -2.25. The Hall–Kier alpha value is -0.0800. The van der Waals surface area contributed by atoms with E-state index >= 15 is 0 Å². The van der Waals surface area contributed by atoms with Crippen LogP contribution in [0.5, 0.6) is 0 Å². The predicted molar refractivity (Wildman–Crippen MR) is 46.1 cm³/mol. The summed E-state index contributed by atoms with van der Waals surface area (Å²) >= 11 is 0. The predicted octanol–water partition coefficient (Wildman–Crippen LogP) is 1.96. The summed E-state index contributed by atoms with van der Waals surface area (Å²) in [5, 5.41) is 0. The highest BCUT2D eigenvalue weighted by atomic mass is 16.6. The first-order valence-electron chi connectivity index (χ1n) is 4.58. The Kier molecular flexibility index (Phi) is 3.87. The molecule has 0 radical (unpaired) electrons. The van der Waals surface area contributed by atoms with Gasteiger partial charge < -0.3 is 4.84 Å². The molecule has 1 aliphatic rings. The molecule has 2 nitrogen and oxygen atoms in total. The summed E-state index contributed by atoms with van der Waals surface area (Å²) < 4.78 is 0. The third kappa shape index (κ3) is 3.21. The zero-order valence-corrected chi connectivity index (χ0v) is 7.60. The van der Waals surface area contributed by atoms with E-state index in [0.29, 0.717) is 0 Å². The van der Waals surface area contributed by atoms with Crippen LogP contribution in [0.25, 0.3) is 0 Å². The summed E-state index contributed by atoms with van der Waals surface area (Å²) in [4.78, 5) is 4.83. The third-order valence-corrected chi connectivity index (χ3v) is 2.56. The first kappa shape index (κ1) is 9.01. The van der Waals surface area contributed by atoms with Gasteiger partial charge in [0, 0.05) is 6.54 Å². The molecule has 2 unspecified atom stereocenters. The molecular weight excluding hydrogens is 138 g/mol. The molecule has 1 aliphatic carbocycles. The molecule has 11 heavy (non-hydrogen) atoms. The van der Waals surface area contributed by atoms with Gasteiger partial charge in [0.05, 0.1) is 7.11 Å². The molecule has 66 valence electrons. The van der Waals surface area contributed by atoms with Gasteiger partial charge in [-0.2, -0.15) is 0 Å². The first-order valence-corrected chi connectivity index (χ1v) is 4.58. The summed E-state index contributed by atoms with van der Waals surface area (Å²) in [7, 11) is 1.69. The zero-order chi connectivity index (χ0) is 8.10. The average Bonchev–Trinajstić information content (AvgIpc) is 2.01. The monoisotopic (exact) mass is 157 g/mol. The van der Waals surface area contributed by atoms with Crippen molar-refractivity contribution in [2.75, 3.05) is 13.7 Å². The standard InChI is InChI=1S/C9H19NO/c1-8-4-3-5-9(6-8)7-10-11-2/h8-10H,3-7H2,1-2H3. The molecule has 0 heterocycles. The van der Waals surface area contributed by atoms with Crippen LogP contribution in [0.3, 0.4) is 0 Å². The topological polar surface area (TPSA) is 21.3 Å². The molecule has 0 spiro atoms. The Balaban J connectivity index is 2.12. The van der Waals surface area contributed by atoms with Crippen LogP contribution < -0.4 is 5.48 Å². The van der Waals surface area contributed by atoms with Crippen molar-refractivity contribution in [3.63, 3.8) is 0 Å². The fourth-order valence-electron chi connectivity index (χ4n) is 1.95. The molecule has 1 rings (SSSR count). The molecule has 0 aromatic carbocycles. The normalized spacial score (nSPS) is 32.2. The SMILES string of the molecule is CONCC1CCCC(C)C1. The van der Waals surface area contributed by atoms with E-state index in [4.69, 9.17) is 4.84 Å². The summed E-state index contributed by atoms with van der Waals surface area (Å²) in [6, 6.07) is 0. The smallest absolute Gasteiger partial charge is 0.0572 e. The van der Waals surface area contributed by atoms with Gasteiger partial charge in [0.15, 0.2) is 0 Å². The second-order valence-corrected chi connectivity index (χ2v) is 3.69. The van der Waals surface area contributed by atoms with E-state index in [1.54, 1.807) is 7.11 Å². The van der Waals surface area contributed by atoms with E-state index < -0.39 is 0 Å². The van der Waals surface area contributed by atoms with Crippen LogP contribution in [0.15, 0.2) is 0 Å². The molecule has 0 bridgehead atoms. The minimum absolute atomic E-state index is 0.846. The molecule has 1 saturated carbocycles. The third-order valence-electron chi connectivity index (χ3n) is 2.56. The number of hydrogen-bond donors (Lipinski definition) is 1. The van der Waals surface area contributed by atoms with Crippen LogP contribution in [-0.4, -0.2) is 13.7 Å². The van der Waals surface area contributed by atoms with Crippen molar-refractivity contribution < 1.29 is 4.84 Å². The van der Waals surface area contributed by atoms with E-state index in [1.165, 1.54) is 25.7 Å². The highest BCUT2D eigenvalue weighted by Gasteiger charge is 2.17. The maximum atomic E-state index is 4.83. The zero-order valence-electron chi connectivity index (χ0n) is 7.60. The number of nitrogens with one attached hydrogen (secondary N) is 1. The van der Waals surface area contributed by atoms with Gasteiger partial charge in [0.25, 0.3) is 0 Å². The van der Waals surface area contributed by atoms with Gasteiger partial charge in [0.2, 0.25) is 0 Å². The van der Waals surface area contributed by atoms with Gasteiger partial charge in [0.1, 0.15) is 0 Å². The van der Waals surface area contributed by atoms with Crippen molar-refractivity contribution in [2.45, 2.75) is 32.6 Å². The lowest BCUT2D eigenvalue weighted by molar-refractivity contribution is 0.0708. The van der Waals surface area contributed by atoms with Crippen molar-refractivity contribution in [2.24, 2.45) is 11.8 Å². The van der Waals surface area contributed by atoms with Crippen molar-refractivity contribution in [3.05, 3.63) is 0 Å². The largest absolute Gasteiger partial charge is 0.305 e. The van der Waals surface area contributed by atoms with Crippen LogP contribution in [0.2, 0.25) is 0 Å². The minimum atomic E-state index is 0.846. The fourth-order valence-corrected chi connectivity index (χ4v) is 1.95. The maximum absolute atomic E-state index is 4.83. The van der Waals surface area contributed by atoms with Gasteiger partial charge in [-0.15, -0.1) is 0 Å². The summed E-state index contributed by atoms with van der Waals surface area (Å²) in [5.41, 5.74) is 2.94. The van der Waals surface area contributed by atoms with Crippen LogP contribution in [-0.2, 0) is 4.84 Å². The molecule has 2 heteroatoms. The molecule has 0 aromatic heterocycles. The second kappa shape index (κ2) is 4.73. The van der Waals surface area contributed by atoms with Gasteiger partial charge >= 0.3 is 0 Å². The number of hydroxylamine groups is 1. The highest BCUT2D eigenvalue weighted by molar-refractivity contribution is 4.70. The Morgan fingerprint density at radius 2 is 2.27 bits per heavy atom. The second-order valence-electron chi connectivity index (χ2n) is 3.69. The van der Waals surface area contributed by atoms with E-state index in [-0.39, 0.29) is 0 Å². The van der Waals surface area contributed by atoms with Gasteiger partial charge in [-0.25, -0.2) is 5.48 Å².